The molecule has 1 aromatic rings. The zero-order valence-corrected chi connectivity index (χ0v) is 9.04. The number of hydrogen-bond donors (Lipinski definition) is 1. The monoisotopic (exact) mass is 260 g/mol. The van der Waals surface area contributed by atoms with E-state index in [0.29, 0.717) is 12.1 Å². The standard InChI is InChI=1S/C11H7F3O4/c1-18-11(17)10(16)4-9(15)5-2-7(13)8(14)3-6(5)12/h2-4,15H,1H3/b9-4-. The summed E-state index contributed by atoms with van der Waals surface area (Å²) >= 11 is 0. The summed E-state index contributed by atoms with van der Waals surface area (Å²) in [6.07, 6.45) is 0.349. The lowest BCUT2D eigenvalue weighted by Gasteiger charge is -2.03. The third kappa shape index (κ3) is 2.88. The van der Waals surface area contributed by atoms with Crippen LogP contribution in [0.15, 0.2) is 18.2 Å². The molecule has 0 aliphatic heterocycles. The second-order valence-corrected chi connectivity index (χ2v) is 3.13. The molecule has 0 aromatic heterocycles. The highest BCUT2D eigenvalue weighted by Gasteiger charge is 2.17. The van der Waals surface area contributed by atoms with Gasteiger partial charge in [-0.05, 0) is 6.07 Å². The molecule has 1 aromatic carbocycles. The Balaban J connectivity index is 3.15. The van der Waals surface area contributed by atoms with Crippen LogP contribution in [-0.2, 0) is 14.3 Å². The van der Waals surface area contributed by atoms with Crippen molar-refractivity contribution >= 4 is 17.5 Å². The maximum Gasteiger partial charge on any atom is 0.378 e. The van der Waals surface area contributed by atoms with Gasteiger partial charge in [0, 0.05) is 12.1 Å². The normalized spacial score (nSPS) is 11.2. The minimum atomic E-state index is -1.44. The molecule has 0 saturated carbocycles. The molecule has 0 radical (unpaired) electrons. The SMILES string of the molecule is COC(=O)C(=O)/C=C(\O)c1cc(F)c(F)cc1F. The lowest BCUT2D eigenvalue weighted by molar-refractivity contribution is -0.149. The molecule has 0 aliphatic rings. The molecule has 0 aliphatic carbocycles. The first kappa shape index (κ1) is 13.8. The minimum absolute atomic E-state index is 0.206. The van der Waals surface area contributed by atoms with E-state index in [1.807, 2.05) is 0 Å². The lowest BCUT2D eigenvalue weighted by atomic mass is 10.1. The van der Waals surface area contributed by atoms with Gasteiger partial charge in [-0.2, -0.15) is 0 Å². The Morgan fingerprint density at radius 1 is 1.17 bits per heavy atom. The van der Waals surface area contributed by atoms with Gasteiger partial charge in [-0.3, -0.25) is 4.79 Å². The third-order valence-corrected chi connectivity index (χ3v) is 1.94. The summed E-state index contributed by atoms with van der Waals surface area (Å²) in [7, 11) is 0.934. The van der Waals surface area contributed by atoms with Crippen molar-refractivity contribution in [1.29, 1.82) is 0 Å². The van der Waals surface area contributed by atoms with Gasteiger partial charge in [-0.15, -0.1) is 0 Å². The maximum absolute atomic E-state index is 13.2. The molecule has 0 unspecified atom stereocenters. The molecule has 7 heteroatoms. The van der Waals surface area contributed by atoms with Crippen LogP contribution in [0, 0.1) is 17.5 Å². The molecule has 0 fully saturated rings. The Kier molecular flexibility index (Phi) is 4.09. The topological polar surface area (TPSA) is 63.6 Å². The molecule has 1 N–H and O–H groups in total. The molecule has 96 valence electrons. The molecule has 0 saturated heterocycles. The van der Waals surface area contributed by atoms with Gasteiger partial charge in [0.1, 0.15) is 11.6 Å². The Bertz CT molecular complexity index is 537. The predicted octanol–water partition coefficient (Wildman–Crippen LogP) is 1.74. The molecule has 18 heavy (non-hydrogen) atoms. The lowest BCUT2D eigenvalue weighted by Crippen LogP contribution is -2.13. The van der Waals surface area contributed by atoms with Crippen molar-refractivity contribution in [1.82, 2.24) is 0 Å². The van der Waals surface area contributed by atoms with Crippen molar-refractivity contribution in [3.8, 4) is 0 Å². The molecule has 0 heterocycles. The molecule has 0 spiro atoms. The van der Waals surface area contributed by atoms with E-state index in [1.54, 1.807) is 0 Å². The average Bonchev–Trinajstić information content (AvgIpc) is 2.32. The molecule has 0 bridgehead atoms. The quantitative estimate of drug-likeness (QED) is 0.295. The summed E-state index contributed by atoms with van der Waals surface area (Å²) in [6, 6.07) is 0.568. The van der Waals surface area contributed by atoms with Gasteiger partial charge < -0.3 is 9.84 Å². The van der Waals surface area contributed by atoms with Crippen molar-refractivity contribution in [2.45, 2.75) is 0 Å². The number of carbonyl (C=O) groups is 2. The summed E-state index contributed by atoms with van der Waals surface area (Å²) in [5, 5.41) is 9.33. The van der Waals surface area contributed by atoms with Gasteiger partial charge in [-0.25, -0.2) is 18.0 Å². The number of halogens is 3. The Hall–Kier alpha value is -2.31. The molecule has 0 atom stereocenters. The molecular formula is C11H7F3O4. The smallest absolute Gasteiger partial charge is 0.378 e. The summed E-state index contributed by atoms with van der Waals surface area (Å²) in [6.45, 7) is 0. The van der Waals surface area contributed by atoms with Gasteiger partial charge in [0.2, 0.25) is 0 Å². The zero-order valence-electron chi connectivity index (χ0n) is 9.04. The van der Waals surface area contributed by atoms with Crippen LogP contribution in [0.25, 0.3) is 5.76 Å². The van der Waals surface area contributed by atoms with E-state index in [-0.39, 0.29) is 6.07 Å². The number of methoxy groups -OCH3 is 1. The van der Waals surface area contributed by atoms with Crippen molar-refractivity contribution in [2.75, 3.05) is 7.11 Å². The summed E-state index contributed by atoms with van der Waals surface area (Å²) in [5.41, 5.74) is -0.744. The van der Waals surface area contributed by atoms with Crippen LogP contribution in [0.3, 0.4) is 0 Å². The summed E-state index contributed by atoms with van der Waals surface area (Å²) in [4.78, 5) is 21.7. The number of ether oxygens (including phenoxy) is 1. The van der Waals surface area contributed by atoms with E-state index in [0.717, 1.165) is 7.11 Å². The Labute approximate surface area is 99.3 Å². The fourth-order valence-corrected chi connectivity index (χ4v) is 1.08. The second kappa shape index (κ2) is 5.35. The molecule has 1 rings (SSSR count). The zero-order chi connectivity index (χ0) is 13.9. The second-order valence-electron chi connectivity index (χ2n) is 3.13. The number of carbonyl (C=O) groups excluding carboxylic acids is 2. The van der Waals surface area contributed by atoms with E-state index in [9.17, 15) is 27.9 Å². The third-order valence-electron chi connectivity index (χ3n) is 1.94. The van der Waals surface area contributed by atoms with Gasteiger partial charge in [0.05, 0.1) is 12.7 Å². The van der Waals surface area contributed by atoms with Crippen LogP contribution in [0.2, 0.25) is 0 Å². The van der Waals surface area contributed by atoms with Crippen molar-refractivity contribution in [3.05, 3.63) is 41.2 Å². The molecule has 4 nitrogen and oxygen atoms in total. The summed E-state index contributed by atoms with van der Waals surface area (Å²) in [5.74, 6) is -7.69. The summed E-state index contributed by atoms with van der Waals surface area (Å²) < 4.78 is 42.7. The van der Waals surface area contributed by atoms with E-state index >= 15 is 0 Å². The number of ketones is 1. The highest BCUT2D eigenvalue weighted by Crippen LogP contribution is 2.19. The number of aliphatic hydroxyl groups is 1. The van der Waals surface area contributed by atoms with Crippen molar-refractivity contribution in [2.24, 2.45) is 0 Å². The largest absolute Gasteiger partial charge is 0.507 e. The highest BCUT2D eigenvalue weighted by molar-refractivity contribution is 6.39. The number of rotatable bonds is 3. The van der Waals surface area contributed by atoms with Gasteiger partial charge in [0.25, 0.3) is 5.78 Å². The fraction of sp³-hybridized carbons (Fsp3) is 0.0909. The number of aliphatic hydroxyl groups excluding tert-OH is 1. The van der Waals surface area contributed by atoms with Crippen LogP contribution in [0.1, 0.15) is 5.56 Å². The minimum Gasteiger partial charge on any atom is -0.507 e. The first-order valence-electron chi connectivity index (χ1n) is 4.54. The van der Waals surface area contributed by atoms with Crippen molar-refractivity contribution < 1.29 is 32.6 Å². The van der Waals surface area contributed by atoms with Gasteiger partial charge >= 0.3 is 5.97 Å². The van der Waals surface area contributed by atoms with E-state index in [4.69, 9.17) is 0 Å². The van der Waals surface area contributed by atoms with E-state index < -0.39 is 40.5 Å². The molecular weight excluding hydrogens is 253 g/mol. The highest BCUT2D eigenvalue weighted by atomic mass is 19.2. The van der Waals surface area contributed by atoms with Crippen LogP contribution < -0.4 is 0 Å². The number of hydrogen-bond acceptors (Lipinski definition) is 4. The van der Waals surface area contributed by atoms with E-state index in [1.165, 1.54) is 0 Å². The first-order chi connectivity index (χ1) is 8.36. The van der Waals surface area contributed by atoms with Crippen LogP contribution >= 0.6 is 0 Å². The maximum atomic E-state index is 13.2. The van der Waals surface area contributed by atoms with Crippen LogP contribution in [0.4, 0.5) is 13.2 Å². The number of esters is 1. The van der Waals surface area contributed by atoms with Crippen molar-refractivity contribution in [3.63, 3.8) is 0 Å². The Morgan fingerprint density at radius 2 is 1.72 bits per heavy atom. The number of benzene rings is 1. The van der Waals surface area contributed by atoms with Crippen LogP contribution in [-0.4, -0.2) is 24.0 Å². The predicted molar refractivity (Wildman–Crippen MR) is 53.9 cm³/mol. The van der Waals surface area contributed by atoms with E-state index in [2.05, 4.69) is 4.74 Å². The Morgan fingerprint density at radius 3 is 2.28 bits per heavy atom. The average molecular weight is 260 g/mol. The van der Waals surface area contributed by atoms with Gasteiger partial charge in [-0.1, -0.05) is 0 Å². The van der Waals surface area contributed by atoms with Gasteiger partial charge in [0.15, 0.2) is 11.6 Å². The fourth-order valence-electron chi connectivity index (χ4n) is 1.08. The first-order valence-corrected chi connectivity index (χ1v) is 4.54. The van der Waals surface area contributed by atoms with Crippen LogP contribution in [0.5, 0.6) is 0 Å². The molecule has 0 amide bonds.